The van der Waals surface area contributed by atoms with Gasteiger partial charge >= 0.3 is 0 Å². The highest BCUT2D eigenvalue weighted by Gasteiger charge is 2.10. The molecular weight excluding hydrogens is 280 g/mol. The van der Waals surface area contributed by atoms with E-state index in [1.165, 1.54) is 11.3 Å². The highest BCUT2D eigenvalue weighted by Crippen LogP contribution is 2.21. The smallest absolute Gasteiger partial charge is 0.253 e. The fraction of sp³-hybridized carbons (Fsp3) is 0.214. The highest BCUT2D eigenvalue weighted by molar-refractivity contribution is 7.16. The fourth-order valence-corrected chi connectivity index (χ4v) is 2.76. The molecule has 2 rings (SSSR count). The maximum absolute atomic E-state index is 12.1. The van der Waals surface area contributed by atoms with Crippen LogP contribution in [0.15, 0.2) is 36.4 Å². The molecule has 0 saturated carbocycles. The van der Waals surface area contributed by atoms with Crippen LogP contribution in [-0.4, -0.2) is 12.5 Å². The Morgan fingerprint density at radius 3 is 2.74 bits per heavy atom. The molecular formula is C14H15ClN2OS. The molecule has 0 atom stereocenters. The van der Waals surface area contributed by atoms with Crippen LogP contribution in [0.25, 0.3) is 0 Å². The van der Waals surface area contributed by atoms with Gasteiger partial charge in [-0.05, 0) is 31.2 Å². The van der Waals surface area contributed by atoms with Crippen molar-refractivity contribution >= 4 is 34.5 Å². The average Bonchev–Trinajstić information content (AvgIpc) is 2.83. The van der Waals surface area contributed by atoms with Gasteiger partial charge in [0.05, 0.1) is 16.4 Å². The Balaban J connectivity index is 2.03. The van der Waals surface area contributed by atoms with Crippen molar-refractivity contribution in [3.8, 4) is 0 Å². The summed E-state index contributed by atoms with van der Waals surface area (Å²) in [5.74, 6) is -0.0823. The van der Waals surface area contributed by atoms with Gasteiger partial charge in [-0.2, -0.15) is 0 Å². The number of hydrogen-bond acceptors (Lipinski definition) is 3. The van der Waals surface area contributed by atoms with Crippen molar-refractivity contribution < 1.29 is 4.79 Å². The van der Waals surface area contributed by atoms with Crippen LogP contribution in [-0.2, 0) is 6.54 Å². The predicted octanol–water partition coefficient (Wildman–Crippen LogP) is 3.76. The van der Waals surface area contributed by atoms with E-state index in [0.29, 0.717) is 12.1 Å². The van der Waals surface area contributed by atoms with Crippen molar-refractivity contribution in [2.75, 3.05) is 11.9 Å². The van der Waals surface area contributed by atoms with E-state index in [0.717, 1.165) is 21.4 Å². The molecule has 1 amide bonds. The summed E-state index contributed by atoms with van der Waals surface area (Å²) in [7, 11) is 0. The van der Waals surface area contributed by atoms with Crippen LogP contribution in [0.1, 0.15) is 22.2 Å². The van der Waals surface area contributed by atoms with E-state index in [9.17, 15) is 4.79 Å². The van der Waals surface area contributed by atoms with E-state index in [2.05, 4.69) is 10.6 Å². The van der Waals surface area contributed by atoms with Crippen LogP contribution in [0.5, 0.6) is 0 Å². The summed E-state index contributed by atoms with van der Waals surface area (Å²) in [6.45, 7) is 3.28. The van der Waals surface area contributed by atoms with Gasteiger partial charge in [0.25, 0.3) is 5.91 Å². The van der Waals surface area contributed by atoms with Crippen molar-refractivity contribution in [1.82, 2.24) is 5.32 Å². The van der Waals surface area contributed by atoms with E-state index < -0.39 is 0 Å². The lowest BCUT2D eigenvalue weighted by atomic mass is 10.1. The Labute approximate surface area is 121 Å². The van der Waals surface area contributed by atoms with Gasteiger partial charge in [0.15, 0.2) is 0 Å². The first-order chi connectivity index (χ1) is 9.20. The number of rotatable bonds is 5. The zero-order valence-electron chi connectivity index (χ0n) is 10.6. The Kier molecular flexibility index (Phi) is 4.82. The molecule has 1 heterocycles. The molecule has 1 aromatic carbocycles. The van der Waals surface area contributed by atoms with Crippen LogP contribution in [0.2, 0.25) is 4.34 Å². The zero-order valence-corrected chi connectivity index (χ0v) is 12.1. The highest BCUT2D eigenvalue weighted by atomic mass is 35.5. The second kappa shape index (κ2) is 6.59. The topological polar surface area (TPSA) is 41.1 Å². The van der Waals surface area contributed by atoms with Gasteiger partial charge in [-0.1, -0.05) is 23.7 Å². The van der Waals surface area contributed by atoms with Crippen molar-refractivity contribution in [3.05, 3.63) is 51.2 Å². The molecule has 0 fully saturated rings. The molecule has 0 aliphatic rings. The van der Waals surface area contributed by atoms with Gasteiger partial charge < -0.3 is 10.6 Å². The number of carbonyl (C=O) groups excluding carboxylic acids is 1. The molecule has 2 aromatic rings. The van der Waals surface area contributed by atoms with Gasteiger partial charge in [-0.3, -0.25) is 4.79 Å². The normalized spacial score (nSPS) is 10.2. The minimum absolute atomic E-state index is 0.0823. The molecule has 0 aliphatic carbocycles. The van der Waals surface area contributed by atoms with Gasteiger partial charge in [0.1, 0.15) is 0 Å². The summed E-state index contributed by atoms with van der Waals surface area (Å²) in [5, 5.41) is 6.08. The van der Waals surface area contributed by atoms with Crippen LogP contribution in [0.4, 0.5) is 5.69 Å². The minimum atomic E-state index is -0.0823. The number of benzene rings is 1. The van der Waals surface area contributed by atoms with Crippen LogP contribution < -0.4 is 10.6 Å². The van der Waals surface area contributed by atoms with Crippen LogP contribution in [0.3, 0.4) is 0 Å². The SMILES string of the molecule is CCNc1ccccc1C(=O)NCc1ccc(Cl)s1. The molecule has 0 aliphatic heterocycles. The Morgan fingerprint density at radius 1 is 1.26 bits per heavy atom. The first-order valence-corrected chi connectivity index (χ1v) is 7.25. The van der Waals surface area contributed by atoms with E-state index in [1.54, 1.807) is 0 Å². The number of carbonyl (C=O) groups is 1. The Bertz CT molecular complexity index is 568. The summed E-state index contributed by atoms with van der Waals surface area (Å²) >= 11 is 7.33. The van der Waals surface area contributed by atoms with Gasteiger partial charge in [-0.25, -0.2) is 0 Å². The second-order valence-corrected chi connectivity index (χ2v) is 5.76. The summed E-state index contributed by atoms with van der Waals surface area (Å²) in [6, 6.07) is 11.2. The molecule has 19 heavy (non-hydrogen) atoms. The number of halogens is 1. The first-order valence-electron chi connectivity index (χ1n) is 6.06. The van der Waals surface area contributed by atoms with E-state index in [1.807, 2.05) is 43.3 Å². The number of amides is 1. The largest absolute Gasteiger partial charge is 0.385 e. The minimum Gasteiger partial charge on any atom is -0.385 e. The molecule has 1 aromatic heterocycles. The van der Waals surface area contributed by atoms with Crippen LogP contribution >= 0.6 is 22.9 Å². The summed E-state index contributed by atoms with van der Waals surface area (Å²) in [4.78, 5) is 13.2. The summed E-state index contributed by atoms with van der Waals surface area (Å²) in [5.41, 5.74) is 1.51. The number of thiophene rings is 1. The maximum Gasteiger partial charge on any atom is 0.253 e. The standard InChI is InChI=1S/C14H15ClN2OS/c1-2-16-12-6-4-3-5-11(12)14(18)17-9-10-7-8-13(15)19-10/h3-8,16H,2,9H2,1H3,(H,17,18). The van der Waals surface area contributed by atoms with E-state index in [-0.39, 0.29) is 5.91 Å². The Morgan fingerprint density at radius 2 is 2.05 bits per heavy atom. The predicted molar refractivity (Wildman–Crippen MR) is 81.1 cm³/mol. The lowest BCUT2D eigenvalue weighted by Crippen LogP contribution is -2.23. The van der Waals surface area contributed by atoms with Crippen molar-refractivity contribution in [2.45, 2.75) is 13.5 Å². The third-order valence-electron chi connectivity index (χ3n) is 2.59. The third kappa shape index (κ3) is 3.72. The van der Waals surface area contributed by atoms with Gasteiger partial charge in [0.2, 0.25) is 0 Å². The fourth-order valence-electron chi connectivity index (χ4n) is 1.74. The number of anilines is 1. The lowest BCUT2D eigenvalue weighted by molar-refractivity contribution is 0.0952. The van der Waals surface area contributed by atoms with Crippen LogP contribution in [0, 0.1) is 0 Å². The van der Waals surface area contributed by atoms with Crippen molar-refractivity contribution in [2.24, 2.45) is 0 Å². The molecule has 3 nitrogen and oxygen atoms in total. The molecule has 0 unspecified atom stereocenters. The molecule has 100 valence electrons. The quantitative estimate of drug-likeness (QED) is 0.881. The monoisotopic (exact) mass is 294 g/mol. The summed E-state index contributed by atoms with van der Waals surface area (Å²) in [6.07, 6.45) is 0. The second-order valence-electron chi connectivity index (χ2n) is 3.96. The summed E-state index contributed by atoms with van der Waals surface area (Å²) < 4.78 is 0.734. The molecule has 0 spiro atoms. The molecule has 5 heteroatoms. The number of hydrogen-bond donors (Lipinski definition) is 2. The molecule has 0 radical (unpaired) electrons. The third-order valence-corrected chi connectivity index (χ3v) is 3.82. The zero-order chi connectivity index (χ0) is 13.7. The number of nitrogens with one attached hydrogen (secondary N) is 2. The Hall–Kier alpha value is -1.52. The molecule has 2 N–H and O–H groups in total. The molecule has 0 bridgehead atoms. The average molecular weight is 295 g/mol. The van der Waals surface area contributed by atoms with Crippen molar-refractivity contribution in [1.29, 1.82) is 0 Å². The number of para-hydroxylation sites is 1. The maximum atomic E-state index is 12.1. The van der Waals surface area contributed by atoms with E-state index in [4.69, 9.17) is 11.6 Å². The van der Waals surface area contributed by atoms with Crippen molar-refractivity contribution in [3.63, 3.8) is 0 Å². The van der Waals surface area contributed by atoms with Gasteiger partial charge in [0, 0.05) is 17.1 Å². The lowest BCUT2D eigenvalue weighted by Gasteiger charge is -2.10. The van der Waals surface area contributed by atoms with Gasteiger partial charge in [-0.15, -0.1) is 11.3 Å². The first kappa shape index (κ1) is 13.9. The van der Waals surface area contributed by atoms with E-state index >= 15 is 0 Å². The molecule has 0 saturated heterocycles.